The molecule has 125 valence electrons. The van der Waals surface area contributed by atoms with Crippen LogP contribution in [0.5, 0.6) is 0 Å². The number of hydrogen-bond acceptors (Lipinski definition) is 0. The third-order valence-corrected chi connectivity index (χ3v) is 4.82. The summed E-state index contributed by atoms with van der Waals surface area (Å²) in [5.41, 5.74) is 8.83. The molecule has 0 bridgehead atoms. The summed E-state index contributed by atoms with van der Waals surface area (Å²) in [5, 5.41) is 0. The molecule has 0 aliphatic heterocycles. The van der Waals surface area contributed by atoms with Gasteiger partial charge in [-0.3, -0.25) is 0 Å². The minimum Gasteiger partial charge on any atom is -0.0622 e. The van der Waals surface area contributed by atoms with Crippen LogP contribution < -0.4 is 0 Å². The van der Waals surface area contributed by atoms with Crippen LogP contribution in [-0.2, 0) is 6.42 Å². The van der Waals surface area contributed by atoms with Crippen LogP contribution in [0.3, 0.4) is 0 Å². The molecule has 0 nitrogen and oxygen atoms in total. The Morgan fingerprint density at radius 2 is 1.12 bits per heavy atom. The zero-order chi connectivity index (χ0) is 17.8. The van der Waals surface area contributed by atoms with Gasteiger partial charge in [-0.15, -0.1) is 0 Å². The first kappa shape index (κ1) is 16.4. The predicted octanol–water partition coefficient (Wildman–Crippen LogP) is 7.05. The van der Waals surface area contributed by atoms with Gasteiger partial charge in [-0.1, -0.05) is 104 Å². The molecule has 0 N–H and O–H groups in total. The van der Waals surface area contributed by atoms with Crippen LogP contribution in [0.2, 0.25) is 0 Å². The van der Waals surface area contributed by atoms with Gasteiger partial charge in [0.05, 0.1) is 0 Å². The highest BCUT2D eigenvalue weighted by Crippen LogP contribution is 2.33. The van der Waals surface area contributed by atoms with E-state index in [9.17, 15) is 0 Å². The van der Waals surface area contributed by atoms with Gasteiger partial charge < -0.3 is 0 Å². The summed E-state index contributed by atoms with van der Waals surface area (Å²) in [6.45, 7) is 2.22. The van der Waals surface area contributed by atoms with E-state index in [1.165, 1.54) is 38.9 Å². The van der Waals surface area contributed by atoms with Gasteiger partial charge in [-0.2, -0.15) is 0 Å². The maximum absolute atomic E-state index is 3.47. The Bertz CT molecular complexity index is 981. The Morgan fingerprint density at radius 1 is 0.577 bits per heavy atom. The van der Waals surface area contributed by atoms with E-state index in [0.29, 0.717) is 0 Å². The molecule has 0 fully saturated rings. The Balaban J connectivity index is 1.76. The molecule has 26 heavy (non-hydrogen) atoms. The first-order valence-electron chi connectivity index (χ1n) is 9.11. The van der Waals surface area contributed by atoms with Crippen molar-refractivity contribution < 1.29 is 0 Å². The van der Waals surface area contributed by atoms with Crippen LogP contribution in [0.4, 0.5) is 0 Å². The van der Waals surface area contributed by atoms with E-state index >= 15 is 0 Å². The van der Waals surface area contributed by atoms with Gasteiger partial charge in [-0.05, 0) is 51.4 Å². The first-order chi connectivity index (χ1) is 12.9. The first-order valence-corrected chi connectivity index (χ1v) is 9.11. The van der Waals surface area contributed by atoms with Gasteiger partial charge in [0.2, 0.25) is 0 Å². The van der Waals surface area contributed by atoms with Gasteiger partial charge >= 0.3 is 0 Å². The average Bonchev–Trinajstić information content (AvgIpc) is 2.74. The second-order valence-electron chi connectivity index (χ2n) is 6.41. The highest BCUT2D eigenvalue weighted by atomic mass is 14.1. The van der Waals surface area contributed by atoms with E-state index in [2.05, 4.69) is 104 Å². The molecular weight excluding hydrogens is 312 g/mol. The lowest BCUT2D eigenvalue weighted by atomic mass is 9.90. The Hall–Kier alpha value is -3.12. The average molecular weight is 333 g/mol. The van der Waals surface area contributed by atoms with E-state index in [-0.39, 0.29) is 0 Å². The molecule has 4 rings (SSSR count). The fourth-order valence-corrected chi connectivity index (χ4v) is 3.50. The summed E-state index contributed by atoms with van der Waals surface area (Å²) < 4.78 is 0. The molecule has 0 spiro atoms. The lowest BCUT2D eigenvalue weighted by Crippen LogP contribution is -1.93. The van der Waals surface area contributed by atoms with Crippen molar-refractivity contribution in [1.82, 2.24) is 0 Å². The van der Waals surface area contributed by atoms with Gasteiger partial charge in [0.1, 0.15) is 0 Å². The van der Waals surface area contributed by atoms with E-state index in [1.807, 2.05) is 6.07 Å². The van der Waals surface area contributed by atoms with Crippen LogP contribution >= 0.6 is 0 Å². The van der Waals surface area contributed by atoms with Crippen molar-refractivity contribution in [3.8, 4) is 33.4 Å². The minimum atomic E-state index is 0.983. The Morgan fingerprint density at radius 3 is 1.73 bits per heavy atom. The van der Waals surface area contributed by atoms with E-state index in [4.69, 9.17) is 0 Å². The van der Waals surface area contributed by atoms with E-state index < -0.39 is 0 Å². The van der Waals surface area contributed by atoms with Crippen molar-refractivity contribution in [1.29, 1.82) is 0 Å². The zero-order valence-corrected chi connectivity index (χ0v) is 14.9. The molecule has 0 unspecified atom stereocenters. The molecule has 0 aliphatic carbocycles. The molecule has 4 aromatic carbocycles. The molecular formula is C26H21. The molecule has 4 aromatic rings. The van der Waals surface area contributed by atoms with Gasteiger partial charge in [0.15, 0.2) is 0 Å². The second kappa shape index (κ2) is 7.41. The van der Waals surface area contributed by atoms with Crippen LogP contribution in [0.15, 0.2) is 97.1 Å². The monoisotopic (exact) mass is 333 g/mol. The Labute approximate surface area is 155 Å². The highest BCUT2D eigenvalue weighted by molar-refractivity contribution is 5.79. The molecule has 0 aromatic heterocycles. The normalized spacial score (nSPS) is 10.7. The van der Waals surface area contributed by atoms with Crippen LogP contribution in [0.1, 0.15) is 12.5 Å². The summed E-state index contributed by atoms with van der Waals surface area (Å²) in [4.78, 5) is 0. The Kier molecular flexibility index (Phi) is 4.66. The molecule has 0 amide bonds. The largest absolute Gasteiger partial charge is 0.0622 e. The molecule has 1 radical (unpaired) electrons. The summed E-state index contributed by atoms with van der Waals surface area (Å²) in [6.07, 6.45) is 0.983. The summed E-state index contributed by atoms with van der Waals surface area (Å²) in [6, 6.07) is 37.6. The van der Waals surface area contributed by atoms with Gasteiger partial charge in [-0.25, -0.2) is 0 Å². The molecule has 0 heterocycles. The van der Waals surface area contributed by atoms with Crippen molar-refractivity contribution in [3.63, 3.8) is 0 Å². The predicted molar refractivity (Wildman–Crippen MR) is 111 cm³/mol. The SMILES string of the molecule is CCc1c(-c2ccc(-c3ccccc3)cc2)[c]ccc1-c1ccccc1. The van der Waals surface area contributed by atoms with E-state index in [1.54, 1.807) is 0 Å². The lowest BCUT2D eigenvalue weighted by molar-refractivity contribution is 1.14. The van der Waals surface area contributed by atoms with E-state index in [0.717, 1.165) is 6.42 Å². The smallest absolute Gasteiger partial charge is 0.00670 e. The highest BCUT2D eigenvalue weighted by Gasteiger charge is 2.10. The third-order valence-electron chi connectivity index (χ3n) is 4.82. The van der Waals surface area contributed by atoms with Crippen LogP contribution in [-0.4, -0.2) is 0 Å². The number of rotatable bonds is 4. The van der Waals surface area contributed by atoms with Crippen molar-refractivity contribution in [2.45, 2.75) is 13.3 Å². The third kappa shape index (κ3) is 3.19. The maximum atomic E-state index is 3.47. The molecule has 0 saturated carbocycles. The van der Waals surface area contributed by atoms with Crippen molar-refractivity contribution >= 4 is 0 Å². The molecule has 0 heteroatoms. The van der Waals surface area contributed by atoms with Crippen LogP contribution in [0, 0.1) is 6.07 Å². The minimum absolute atomic E-state index is 0.983. The van der Waals surface area contributed by atoms with Crippen molar-refractivity contribution in [2.24, 2.45) is 0 Å². The van der Waals surface area contributed by atoms with Crippen LogP contribution in [0.25, 0.3) is 33.4 Å². The number of hydrogen-bond donors (Lipinski definition) is 0. The quantitative estimate of drug-likeness (QED) is 0.375. The summed E-state index contributed by atoms with van der Waals surface area (Å²) in [5.74, 6) is 0. The summed E-state index contributed by atoms with van der Waals surface area (Å²) in [7, 11) is 0. The second-order valence-corrected chi connectivity index (χ2v) is 6.41. The van der Waals surface area contributed by atoms with Crippen molar-refractivity contribution in [3.05, 3.63) is 109 Å². The standard InChI is InChI=1S/C26H21/c1-2-24-25(22-12-7-4-8-13-22)14-9-15-26(24)23-18-16-21(17-19-23)20-10-5-3-6-11-20/h3-14,16-19H,2H2,1H3. The molecule has 0 saturated heterocycles. The zero-order valence-electron chi connectivity index (χ0n) is 14.9. The van der Waals surface area contributed by atoms with Crippen molar-refractivity contribution in [2.75, 3.05) is 0 Å². The molecule has 0 aliphatic rings. The fraction of sp³-hybridized carbons (Fsp3) is 0.0769. The fourth-order valence-electron chi connectivity index (χ4n) is 3.50. The summed E-state index contributed by atoms with van der Waals surface area (Å²) >= 11 is 0. The van der Waals surface area contributed by atoms with Gasteiger partial charge in [0, 0.05) is 0 Å². The number of benzene rings is 4. The van der Waals surface area contributed by atoms with Gasteiger partial charge in [0.25, 0.3) is 0 Å². The lowest BCUT2D eigenvalue weighted by Gasteiger charge is -2.14. The maximum Gasteiger partial charge on any atom is -0.00670 e. The topological polar surface area (TPSA) is 0 Å². The molecule has 0 atom stereocenters.